The van der Waals surface area contributed by atoms with Gasteiger partial charge in [0.2, 0.25) is 11.8 Å². The average molecular weight is 987 g/mol. The number of rotatable bonds is 55. The Hall–Kier alpha value is -1.14. The molecule has 1 aliphatic carbocycles. The molecule has 1 N–H and O–H groups in total. The molecule has 1 saturated carbocycles. The fourth-order valence-corrected chi connectivity index (χ4v) is 11.6. The predicted octanol–water partition coefficient (Wildman–Crippen LogP) is 19.1. The molecule has 0 unspecified atom stereocenters. The maximum atomic E-state index is 13.5. The molecular weight excluding hydrogens is 859 g/mol. The Balaban J connectivity index is 2.53. The highest BCUT2D eigenvalue weighted by atomic mass is 16.3. The largest absolute Gasteiger partial charge is 0.396 e. The SMILES string of the molecule is CCCCCCCCCCN(CCCCCCCCCC)C(=O)CCCCCCCN(CCCCCCCC(=O)N(CCCCCCCCCC)CCCCCCCCCC)[C@@H]1CCCC[C@@H]1CCO. The molecular formula is C64H127N3O3. The van der Waals surface area contributed by atoms with Crippen molar-refractivity contribution in [2.45, 2.75) is 348 Å². The maximum Gasteiger partial charge on any atom is 0.222 e. The van der Waals surface area contributed by atoms with Crippen LogP contribution in [0.25, 0.3) is 0 Å². The summed E-state index contributed by atoms with van der Waals surface area (Å²) in [7, 11) is 0. The van der Waals surface area contributed by atoms with Crippen LogP contribution < -0.4 is 0 Å². The lowest BCUT2D eigenvalue weighted by Gasteiger charge is -2.40. The van der Waals surface area contributed by atoms with Crippen molar-refractivity contribution in [2.24, 2.45) is 5.92 Å². The molecule has 0 aliphatic heterocycles. The molecule has 1 rings (SSSR count). The number of unbranched alkanes of at least 4 members (excludes halogenated alkanes) is 36. The monoisotopic (exact) mass is 986 g/mol. The van der Waals surface area contributed by atoms with Crippen LogP contribution in [0.3, 0.4) is 0 Å². The normalized spacial score (nSPS) is 15.1. The minimum absolute atomic E-state index is 0.317. The number of carbonyl (C=O) groups is 2. The van der Waals surface area contributed by atoms with E-state index in [1.54, 1.807) is 0 Å². The topological polar surface area (TPSA) is 64.1 Å². The lowest BCUT2D eigenvalue weighted by atomic mass is 9.81. The second-order valence-electron chi connectivity index (χ2n) is 22.9. The Morgan fingerprint density at radius 1 is 0.343 bits per heavy atom. The van der Waals surface area contributed by atoms with Crippen LogP contribution in [0.4, 0.5) is 0 Å². The summed E-state index contributed by atoms with van der Waals surface area (Å²) in [4.78, 5) is 34.4. The standard InChI is InChI=1S/C64H127N3O3/c1-5-9-13-17-21-25-33-45-56-66(57-46-34-26-22-18-14-10-6-2)63(69)51-39-31-29-37-43-54-65(62-50-42-41-49-61(62)53-60-68)55-44-38-30-32-40-52-64(70)67(58-47-35-27-23-19-15-11-7-3)59-48-36-28-24-20-16-12-8-4/h61-62,68H,5-60H2,1-4H3/t61-,62-/m1/s1. The van der Waals surface area contributed by atoms with Gasteiger partial charge in [-0.15, -0.1) is 0 Å². The van der Waals surface area contributed by atoms with Crippen molar-refractivity contribution in [3.8, 4) is 0 Å². The first-order chi connectivity index (χ1) is 34.5. The fraction of sp³-hybridized carbons (Fsp3) is 0.969. The molecule has 6 nitrogen and oxygen atoms in total. The minimum Gasteiger partial charge on any atom is -0.396 e. The van der Waals surface area contributed by atoms with Gasteiger partial charge in [-0.3, -0.25) is 9.59 Å². The van der Waals surface area contributed by atoms with Gasteiger partial charge in [0, 0.05) is 51.7 Å². The first-order valence-electron chi connectivity index (χ1n) is 32.4. The van der Waals surface area contributed by atoms with Gasteiger partial charge in [-0.1, -0.05) is 259 Å². The van der Waals surface area contributed by atoms with Gasteiger partial charge in [0.05, 0.1) is 0 Å². The van der Waals surface area contributed by atoms with E-state index in [1.807, 2.05) is 0 Å². The molecule has 0 aromatic heterocycles. The van der Waals surface area contributed by atoms with E-state index in [0.29, 0.717) is 30.4 Å². The van der Waals surface area contributed by atoms with Crippen LogP contribution in [0.15, 0.2) is 0 Å². The van der Waals surface area contributed by atoms with Crippen molar-refractivity contribution < 1.29 is 14.7 Å². The van der Waals surface area contributed by atoms with E-state index in [2.05, 4.69) is 42.4 Å². The molecule has 416 valence electrons. The van der Waals surface area contributed by atoms with Crippen LogP contribution in [0, 0.1) is 5.92 Å². The summed E-state index contributed by atoms with van der Waals surface area (Å²) in [5.41, 5.74) is 0. The summed E-state index contributed by atoms with van der Waals surface area (Å²) in [5.74, 6) is 1.47. The first kappa shape index (κ1) is 66.9. The van der Waals surface area contributed by atoms with Crippen molar-refractivity contribution in [3.05, 3.63) is 0 Å². The lowest BCUT2D eigenvalue weighted by molar-refractivity contribution is -0.132. The van der Waals surface area contributed by atoms with Crippen LogP contribution in [-0.2, 0) is 9.59 Å². The minimum atomic E-state index is 0.317. The third kappa shape index (κ3) is 40.3. The quantitative estimate of drug-likeness (QED) is 0.0617. The van der Waals surface area contributed by atoms with Gasteiger partial charge in [0.15, 0.2) is 0 Å². The molecule has 0 aromatic rings. The van der Waals surface area contributed by atoms with Crippen LogP contribution in [-0.4, -0.2) is 83.5 Å². The van der Waals surface area contributed by atoms with Crippen LogP contribution >= 0.6 is 0 Å². The molecule has 0 saturated heterocycles. The van der Waals surface area contributed by atoms with Crippen LogP contribution in [0.2, 0.25) is 0 Å². The average Bonchev–Trinajstić information content (AvgIpc) is 3.37. The van der Waals surface area contributed by atoms with E-state index in [-0.39, 0.29) is 0 Å². The van der Waals surface area contributed by atoms with Crippen molar-refractivity contribution in [1.82, 2.24) is 14.7 Å². The summed E-state index contributed by atoms with van der Waals surface area (Å²) < 4.78 is 0. The summed E-state index contributed by atoms with van der Waals surface area (Å²) in [6, 6.07) is 0.623. The molecule has 0 bridgehead atoms. The van der Waals surface area contributed by atoms with Gasteiger partial charge < -0.3 is 19.8 Å². The van der Waals surface area contributed by atoms with Gasteiger partial charge in [0.1, 0.15) is 0 Å². The summed E-state index contributed by atoms with van der Waals surface area (Å²) >= 11 is 0. The third-order valence-electron chi connectivity index (χ3n) is 16.3. The number of nitrogens with zero attached hydrogens (tertiary/aromatic N) is 3. The molecule has 2 atom stereocenters. The molecule has 1 aliphatic rings. The van der Waals surface area contributed by atoms with E-state index in [4.69, 9.17) is 0 Å². The van der Waals surface area contributed by atoms with Gasteiger partial charge in [-0.2, -0.15) is 0 Å². The fourth-order valence-electron chi connectivity index (χ4n) is 11.6. The van der Waals surface area contributed by atoms with Crippen molar-refractivity contribution in [1.29, 1.82) is 0 Å². The Labute approximate surface area is 439 Å². The Kier molecular flexibility index (Phi) is 50.4. The third-order valence-corrected chi connectivity index (χ3v) is 16.3. The highest BCUT2D eigenvalue weighted by Crippen LogP contribution is 2.31. The second kappa shape index (κ2) is 52.7. The van der Waals surface area contributed by atoms with Crippen LogP contribution in [0.1, 0.15) is 342 Å². The lowest BCUT2D eigenvalue weighted by Crippen LogP contribution is -2.44. The zero-order valence-electron chi connectivity index (χ0n) is 48.4. The van der Waals surface area contributed by atoms with E-state index in [1.165, 1.54) is 296 Å². The van der Waals surface area contributed by atoms with Crippen molar-refractivity contribution >= 4 is 11.8 Å². The number of carbonyl (C=O) groups excluding carboxylic acids is 2. The molecule has 0 aromatic carbocycles. The molecule has 0 heterocycles. The zero-order valence-corrected chi connectivity index (χ0v) is 48.4. The van der Waals surface area contributed by atoms with E-state index < -0.39 is 0 Å². The number of hydrogen-bond acceptors (Lipinski definition) is 4. The Morgan fingerprint density at radius 3 is 0.900 bits per heavy atom. The van der Waals surface area contributed by atoms with Gasteiger partial charge >= 0.3 is 0 Å². The van der Waals surface area contributed by atoms with Gasteiger partial charge in [-0.25, -0.2) is 0 Å². The van der Waals surface area contributed by atoms with E-state index in [9.17, 15) is 14.7 Å². The van der Waals surface area contributed by atoms with Crippen molar-refractivity contribution in [2.75, 3.05) is 45.9 Å². The summed E-state index contributed by atoms with van der Waals surface area (Å²) in [5, 5.41) is 9.97. The van der Waals surface area contributed by atoms with E-state index in [0.717, 1.165) is 58.3 Å². The number of aliphatic hydroxyl groups excluding tert-OH is 1. The van der Waals surface area contributed by atoms with Crippen LogP contribution in [0.5, 0.6) is 0 Å². The number of hydrogen-bond donors (Lipinski definition) is 1. The summed E-state index contributed by atoms with van der Waals surface area (Å²) in [6.45, 7) is 15.7. The number of amides is 2. The summed E-state index contributed by atoms with van der Waals surface area (Å²) in [6.07, 6.45) is 61.8. The molecule has 2 amide bonds. The Bertz CT molecular complexity index is 974. The highest BCUT2D eigenvalue weighted by molar-refractivity contribution is 5.76. The van der Waals surface area contributed by atoms with Crippen molar-refractivity contribution in [3.63, 3.8) is 0 Å². The second-order valence-corrected chi connectivity index (χ2v) is 22.9. The zero-order chi connectivity index (χ0) is 50.6. The first-order valence-corrected chi connectivity index (χ1v) is 32.4. The van der Waals surface area contributed by atoms with Gasteiger partial charge in [-0.05, 0) is 89.6 Å². The van der Waals surface area contributed by atoms with Gasteiger partial charge in [0.25, 0.3) is 0 Å². The molecule has 1 fully saturated rings. The highest BCUT2D eigenvalue weighted by Gasteiger charge is 2.29. The Morgan fingerprint density at radius 2 is 0.600 bits per heavy atom. The molecule has 6 heteroatoms. The molecule has 0 spiro atoms. The number of aliphatic hydroxyl groups is 1. The predicted molar refractivity (Wildman–Crippen MR) is 308 cm³/mol. The van der Waals surface area contributed by atoms with E-state index >= 15 is 0 Å². The molecule has 70 heavy (non-hydrogen) atoms. The smallest absolute Gasteiger partial charge is 0.222 e. The maximum absolute atomic E-state index is 13.5. The molecule has 0 radical (unpaired) electrons.